The fourth-order valence-corrected chi connectivity index (χ4v) is 4.10. The van der Waals surface area contributed by atoms with Crippen molar-refractivity contribution in [3.63, 3.8) is 0 Å². The van der Waals surface area contributed by atoms with Gasteiger partial charge in [0.25, 0.3) is 11.7 Å². The van der Waals surface area contributed by atoms with Crippen molar-refractivity contribution < 1.29 is 19.4 Å². The zero-order chi connectivity index (χ0) is 23.0. The topological polar surface area (TPSA) is 79.7 Å². The van der Waals surface area contributed by atoms with E-state index in [1.807, 2.05) is 19.9 Å². The number of amides is 1. The fraction of sp³-hybridized carbons (Fsp3) is 0.160. The van der Waals surface area contributed by atoms with Crippen LogP contribution in [-0.4, -0.2) is 28.9 Å². The Morgan fingerprint density at radius 3 is 2.47 bits per heavy atom. The molecule has 32 heavy (non-hydrogen) atoms. The lowest BCUT2D eigenvalue weighted by Gasteiger charge is -2.27. The van der Waals surface area contributed by atoms with Gasteiger partial charge in [-0.15, -0.1) is 0 Å². The Bertz CT molecular complexity index is 1250. The summed E-state index contributed by atoms with van der Waals surface area (Å²) in [5, 5.41) is 11.8. The van der Waals surface area contributed by atoms with Gasteiger partial charge < -0.3 is 9.84 Å². The first kappa shape index (κ1) is 21.6. The van der Waals surface area contributed by atoms with Crippen LogP contribution in [0.15, 0.2) is 66.5 Å². The molecule has 0 aliphatic carbocycles. The molecule has 162 valence electrons. The number of aliphatic hydroxyl groups excluding tert-OH is 1. The summed E-state index contributed by atoms with van der Waals surface area (Å²) in [7, 11) is 1.48. The molecule has 1 unspecified atom stereocenters. The van der Waals surface area contributed by atoms with Gasteiger partial charge in [0.15, 0.2) is 0 Å². The number of halogens is 1. The van der Waals surface area contributed by atoms with Gasteiger partial charge in [0.05, 0.1) is 24.3 Å². The molecule has 0 radical (unpaired) electrons. The van der Waals surface area contributed by atoms with Crippen LogP contribution >= 0.6 is 11.6 Å². The Morgan fingerprint density at radius 1 is 1.06 bits per heavy atom. The molecule has 3 aromatic rings. The summed E-state index contributed by atoms with van der Waals surface area (Å²) in [6, 6.07) is 13.0. The highest BCUT2D eigenvalue weighted by Gasteiger charge is 2.47. The molecule has 1 fully saturated rings. The van der Waals surface area contributed by atoms with Gasteiger partial charge in [0.1, 0.15) is 11.5 Å². The molecule has 1 aliphatic rings. The minimum absolute atomic E-state index is 0.0236. The van der Waals surface area contributed by atoms with E-state index in [0.29, 0.717) is 27.6 Å². The van der Waals surface area contributed by atoms with Crippen molar-refractivity contribution in [2.75, 3.05) is 12.0 Å². The lowest BCUT2D eigenvalue weighted by molar-refractivity contribution is -0.132. The summed E-state index contributed by atoms with van der Waals surface area (Å²) in [6.07, 6.45) is 3.15. The Kier molecular flexibility index (Phi) is 5.72. The van der Waals surface area contributed by atoms with Gasteiger partial charge in [0, 0.05) is 23.1 Å². The molecule has 0 spiro atoms. The first-order chi connectivity index (χ1) is 15.3. The molecule has 1 amide bonds. The highest BCUT2D eigenvalue weighted by atomic mass is 35.5. The summed E-state index contributed by atoms with van der Waals surface area (Å²) in [6.45, 7) is 3.70. The highest BCUT2D eigenvalue weighted by Crippen LogP contribution is 2.44. The number of benzene rings is 2. The maximum absolute atomic E-state index is 13.3. The largest absolute Gasteiger partial charge is 0.507 e. The zero-order valence-electron chi connectivity index (χ0n) is 17.8. The molecule has 7 heteroatoms. The van der Waals surface area contributed by atoms with Crippen molar-refractivity contribution in [3.8, 4) is 5.75 Å². The molecule has 2 heterocycles. The smallest absolute Gasteiger partial charge is 0.300 e. The van der Waals surface area contributed by atoms with Crippen LogP contribution in [-0.2, 0) is 9.59 Å². The predicted octanol–water partition coefficient (Wildman–Crippen LogP) is 4.99. The van der Waals surface area contributed by atoms with E-state index < -0.39 is 17.7 Å². The summed E-state index contributed by atoms with van der Waals surface area (Å²) in [4.78, 5) is 32.0. The van der Waals surface area contributed by atoms with Crippen molar-refractivity contribution in [2.45, 2.75) is 19.9 Å². The van der Waals surface area contributed by atoms with Gasteiger partial charge >= 0.3 is 0 Å². The number of Topliss-reactive ketones (excluding diaryl/α,β-unsaturated/α-hetero) is 1. The summed E-state index contributed by atoms with van der Waals surface area (Å²) >= 11 is 6.21. The van der Waals surface area contributed by atoms with Gasteiger partial charge in [-0.25, -0.2) is 0 Å². The average molecular weight is 449 g/mol. The van der Waals surface area contributed by atoms with E-state index in [2.05, 4.69) is 4.98 Å². The first-order valence-electron chi connectivity index (χ1n) is 9.95. The normalized spacial score (nSPS) is 17.6. The van der Waals surface area contributed by atoms with Crippen LogP contribution in [0.1, 0.15) is 28.3 Å². The van der Waals surface area contributed by atoms with E-state index in [9.17, 15) is 14.7 Å². The lowest BCUT2D eigenvalue weighted by Crippen LogP contribution is -2.30. The molecule has 1 aromatic heterocycles. The third-order valence-electron chi connectivity index (χ3n) is 5.51. The van der Waals surface area contributed by atoms with Crippen LogP contribution in [0.5, 0.6) is 5.75 Å². The van der Waals surface area contributed by atoms with E-state index >= 15 is 0 Å². The molecule has 1 aliphatic heterocycles. The number of pyridine rings is 1. The van der Waals surface area contributed by atoms with Crippen molar-refractivity contribution in [3.05, 3.63) is 93.8 Å². The Balaban J connectivity index is 2.01. The number of hydrogen-bond donors (Lipinski definition) is 1. The monoisotopic (exact) mass is 448 g/mol. The third kappa shape index (κ3) is 3.63. The number of carbonyl (C=O) groups excluding carboxylic acids is 2. The highest BCUT2D eigenvalue weighted by molar-refractivity contribution is 6.52. The maximum atomic E-state index is 13.3. The van der Waals surface area contributed by atoms with Gasteiger partial charge in [0.2, 0.25) is 0 Å². The van der Waals surface area contributed by atoms with E-state index in [0.717, 1.165) is 11.1 Å². The summed E-state index contributed by atoms with van der Waals surface area (Å²) in [5.41, 5.74) is 3.08. The summed E-state index contributed by atoms with van der Waals surface area (Å²) < 4.78 is 5.40. The SMILES string of the molecule is COc1ccc(C)cc1/C(O)=C1\C(=O)C(=O)N(c2cc(Cl)ccc2C)C1c1ccncc1. The van der Waals surface area contributed by atoms with E-state index in [-0.39, 0.29) is 11.3 Å². The zero-order valence-corrected chi connectivity index (χ0v) is 18.6. The second-order valence-corrected chi connectivity index (χ2v) is 8.02. The average Bonchev–Trinajstić information content (AvgIpc) is 3.06. The van der Waals surface area contributed by atoms with Crippen LogP contribution in [0.4, 0.5) is 5.69 Å². The van der Waals surface area contributed by atoms with Crippen LogP contribution in [0.3, 0.4) is 0 Å². The number of hydrogen-bond acceptors (Lipinski definition) is 5. The molecule has 1 saturated heterocycles. The number of aromatic nitrogens is 1. The Labute approximate surface area is 190 Å². The molecule has 2 aromatic carbocycles. The number of aryl methyl sites for hydroxylation is 2. The van der Waals surface area contributed by atoms with Crippen molar-refractivity contribution in [2.24, 2.45) is 0 Å². The molecule has 0 bridgehead atoms. The molecule has 1 atom stereocenters. The van der Waals surface area contributed by atoms with Crippen molar-refractivity contribution >= 4 is 34.7 Å². The molecule has 0 saturated carbocycles. The molecule has 4 rings (SSSR count). The Hall–Kier alpha value is -3.64. The second-order valence-electron chi connectivity index (χ2n) is 7.58. The molecule has 1 N–H and O–H groups in total. The molecular weight excluding hydrogens is 428 g/mol. The molecule has 6 nitrogen and oxygen atoms in total. The van der Waals surface area contributed by atoms with E-state index in [1.54, 1.807) is 54.9 Å². The predicted molar refractivity (Wildman–Crippen MR) is 123 cm³/mol. The maximum Gasteiger partial charge on any atom is 0.300 e. The van der Waals surface area contributed by atoms with Crippen LogP contribution in [0.25, 0.3) is 5.76 Å². The first-order valence-corrected chi connectivity index (χ1v) is 10.3. The van der Waals surface area contributed by atoms with Crippen LogP contribution in [0, 0.1) is 13.8 Å². The minimum atomic E-state index is -0.861. The minimum Gasteiger partial charge on any atom is -0.507 e. The number of ether oxygens (including phenoxy) is 1. The lowest BCUT2D eigenvalue weighted by atomic mass is 9.94. The van der Waals surface area contributed by atoms with E-state index in [4.69, 9.17) is 16.3 Å². The number of aliphatic hydroxyl groups is 1. The Morgan fingerprint density at radius 2 is 1.78 bits per heavy atom. The van der Waals surface area contributed by atoms with E-state index in [1.165, 1.54) is 12.0 Å². The van der Waals surface area contributed by atoms with Gasteiger partial charge in [-0.2, -0.15) is 0 Å². The number of carbonyl (C=O) groups is 2. The number of ketones is 1. The number of anilines is 1. The quantitative estimate of drug-likeness (QED) is 0.345. The number of nitrogens with zero attached hydrogens (tertiary/aromatic N) is 2. The second kappa shape index (κ2) is 8.48. The van der Waals surface area contributed by atoms with Crippen molar-refractivity contribution in [1.29, 1.82) is 0 Å². The fourth-order valence-electron chi connectivity index (χ4n) is 3.94. The standard InChI is InChI=1S/C25H21ClN2O4/c1-14-4-7-20(32-3)18(12-14)23(29)21-22(16-8-10-27-11-9-16)28(25(31)24(21)30)19-13-17(26)6-5-15(19)2/h4-13,22,29H,1-3H3/b23-21+. The van der Waals surface area contributed by atoms with Gasteiger partial charge in [-0.1, -0.05) is 29.3 Å². The van der Waals surface area contributed by atoms with Gasteiger partial charge in [-0.3, -0.25) is 19.5 Å². The van der Waals surface area contributed by atoms with Crippen LogP contribution in [0.2, 0.25) is 5.02 Å². The van der Waals surface area contributed by atoms with Crippen LogP contribution < -0.4 is 9.64 Å². The molecular formula is C25H21ClN2O4. The summed E-state index contributed by atoms with van der Waals surface area (Å²) in [5.74, 6) is -1.43. The third-order valence-corrected chi connectivity index (χ3v) is 5.74. The van der Waals surface area contributed by atoms with Gasteiger partial charge in [-0.05, 0) is 61.4 Å². The number of rotatable bonds is 4. The van der Waals surface area contributed by atoms with Crippen molar-refractivity contribution in [1.82, 2.24) is 4.98 Å². The number of methoxy groups -OCH3 is 1.